The summed E-state index contributed by atoms with van der Waals surface area (Å²) in [6.07, 6.45) is 3.34. The van der Waals surface area contributed by atoms with Crippen LogP contribution in [0.5, 0.6) is 11.5 Å². The van der Waals surface area contributed by atoms with Crippen molar-refractivity contribution in [1.82, 2.24) is 15.1 Å². The van der Waals surface area contributed by atoms with Crippen LogP contribution in [0.2, 0.25) is 0 Å². The number of benzene rings is 2. The van der Waals surface area contributed by atoms with E-state index in [4.69, 9.17) is 14.2 Å². The van der Waals surface area contributed by atoms with Crippen molar-refractivity contribution in [2.45, 2.75) is 51.6 Å². The molecule has 8 nitrogen and oxygen atoms in total. The van der Waals surface area contributed by atoms with Crippen LogP contribution in [-0.4, -0.2) is 87.3 Å². The number of carbonyl (C=O) groups is 2. The van der Waals surface area contributed by atoms with E-state index in [0.29, 0.717) is 55.2 Å². The second-order valence-corrected chi connectivity index (χ2v) is 11.2. The topological polar surface area (TPSA) is 80.3 Å². The van der Waals surface area contributed by atoms with Gasteiger partial charge in [0.05, 0.1) is 20.1 Å². The summed E-state index contributed by atoms with van der Waals surface area (Å²) < 4.78 is 16.5. The summed E-state index contributed by atoms with van der Waals surface area (Å²) >= 11 is 0. The van der Waals surface area contributed by atoms with Crippen molar-refractivity contribution in [3.8, 4) is 11.5 Å². The molecule has 8 heteroatoms. The molecule has 2 aromatic carbocycles. The Labute approximate surface area is 239 Å². The van der Waals surface area contributed by atoms with Gasteiger partial charge in [0.1, 0.15) is 0 Å². The first-order valence-corrected chi connectivity index (χ1v) is 14.6. The van der Waals surface area contributed by atoms with Crippen LogP contribution in [0.4, 0.5) is 0 Å². The van der Waals surface area contributed by atoms with Crippen LogP contribution in [0.3, 0.4) is 0 Å². The van der Waals surface area contributed by atoms with E-state index >= 15 is 0 Å². The number of rotatable bonds is 15. The van der Waals surface area contributed by atoms with Crippen LogP contribution in [0.15, 0.2) is 48.5 Å². The van der Waals surface area contributed by atoms with Crippen LogP contribution < -0.4 is 14.8 Å². The van der Waals surface area contributed by atoms with Gasteiger partial charge in [-0.15, -0.1) is 0 Å². The van der Waals surface area contributed by atoms with E-state index in [1.807, 2.05) is 35.2 Å². The molecule has 1 heterocycles. The highest BCUT2D eigenvalue weighted by Crippen LogP contribution is 2.32. The van der Waals surface area contributed by atoms with Gasteiger partial charge in [0.2, 0.25) is 5.91 Å². The van der Waals surface area contributed by atoms with Gasteiger partial charge in [-0.2, -0.15) is 0 Å². The summed E-state index contributed by atoms with van der Waals surface area (Å²) in [5, 5.41) is 3.53. The number of ether oxygens (including phenoxy) is 3. The normalized spacial score (nSPS) is 18.5. The molecule has 2 fully saturated rings. The van der Waals surface area contributed by atoms with Gasteiger partial charge in [-0.1, -0.05) is 30.3 Å². The van der Waals surface area contributed by atoms with Crippen molar-refractivity contribution in [2.75, 3.05) is 53.6 Å². The smallest absolute Gasteiger partial charge is 0.254 e. The quantitative estimate of drug-likeness (QED) is 0.337. The number of hydrogen-bond donors (Lipinski definition) is 1. The Morgan fingerprint density at radius 3 is 2.33 bits per heavy atom. The van der Waals surface area contributed by atoms with Gasteiger partial charge < -0.3 is 29.3 Å². The van der Waals surface area contributed by atoms with Crippen LogP contribution >= 0.6 is 0 Å². The monoisotopic (exact) mass is 551 g/mol. The largest absolute Gasteiger partial charge is 0.493 e. The average Bonchev–Trinajstić information content (AvgIpc) is 3.71. The molecule has 0 radical (unpaired) electrons. The molecule has 40 heavy (non-hydrogen) atoms. The van der Waals surface area contributed by atoms with Crippen LogP contribution in [0.25, 0.3) is 0 Å². The van der Waals surface area contributed by atoms with E-state index < -0.39 is 0 Å². The molecular weight excluding hydrogens is 506 g/mol. The highest BCUT2D eigenvalue weighted by Gasteiger charge is 2.38. The Morgan fingerprint density at radius 1 is 0.950 bits per heavy atom. The van der Waals surface area contributed by atoms with Gasteiger partial charge in [-0.3, -0.25) is 9.59 Å². The van der Waals surface area contributed by atoms with Gasteiger partial charge >= 0.3 is 0 Å². The first-order valence-electron chi connectivity index (χ1n) is 14.6. The van der Waals surface area contributed by atoms with Crippen molar-refractivity contribution in [2.24, 2.45) is 11.8 Å². The number of nitrogens with one attached hydrogen (secondary N) is 1. The fourth-order valence-electron chi connectivity index (χ4n) is 5.43. The minimum Gasteiger partial charge on any atom is -0.493 e. The molecule has 0 bridgehead atoms. The SMILES string of the molecule is COCCCOc1cc(C(=O)N(CC2CNCC2CN(C(=O)Cc2ccccc2)C2CC2)C(C)C)ccc1OC. The van der Waals surface area contributed by atoms with E-state index in [0.717, 1.165) is 44.5 Å². The minimum absolute atomic E-state index is 0.0238. The lowest BCUT2D eigenvalue weighted by molar-refractivity contribution is -0.131. The number of carbonyl (C=O) groups excluding carboxylic acids is 2. The van der Waals surface area contributed by atoms with E-state index in [1.165, 1.54) is 0 Å². The van der Waals surface area contributed by atoms with E-state index in [1.54, 1.807) is 32.4 Å². The lowest BCUT2D eigenvalue weighted by atomic mass is 9.93. The second-order valence-electron chi connectivity index (χ2n) is 11.2. The van der Waals surface area contributed by atoms with Crippen molar-refractivity contribution in [3.63, 3.8) is 0 Å². The maximum absolute atomic E-state index is 13.8. The van der Waals surface area contributed by atoms with E-state index in [2.05, 4.69) is 24.1 Å². The lowest BCUT2D eigenvalue weighted by Crippen LogP contribution is -2.45. The van der Waals surface area contributed by atoms with E-state index in [9.17, 15) is 9.59 Å². The van der Waals surface area contributed by atoms with E-state index in [-0.39, 0.29) is 23.8 Å². The van der Waals surface area contributed by atoms with Crippen molar-refractivity contribution >= 4 is 11.8 Å². The first-order chi connectivity index (χ1) is 19.4. The van der Waals surface area contributed by atoms with Crippen molar-refractivity contribution < 1.29 is 23.8 Å². The molecule has 1 aliphatic heterocycles. The summed E-state index contributed by atoms with van der Waals surface area (Å²) in [6.45, 7) is 8.26. The molecule has 2 aromatic rings. The summed E-state index contributed by atoms with van der Waals surface area (Å²) in [5.74, 6) is 1.90. The van der Waals surface area contributed by atoms with Crippen molar-refractivity contribution in [1.29, 1.82) is 0 Å². The third kappa shape index (κ3) is 7.98. The molecule has 1 saturated carbocycles. The number of nitrogens with zero attached hydrogens (tertiary/aromatic N) is 2. The second kappa shape index (κ2) is 14.5. The van der Waals surface area contributed by atoms with Gasteiger partial charge in [0.15, 0.2) is 11.5 Å². The summed E-state index contributed by atoms with van der Waals surface area (Å²) in [6, 6.07) is 15.7. The lowest BCUT2D eigenvalue weighted by Gasteiger charge is -2.34. The fourth-order valence-corrected chi connectivity index (χ4v) is 5.43. The molecule has 1 saturated heterocycles. The Kier molecular flexibility index (Phi) is 10.8. The number of methoxy groups -OCH3 is 2. The Bertz CT molecular complexity index is 1100. The summed E-state index contributed by atoms with van der Waals surface area (Å²) in [5.41, 5.74) is 1.63. The zero-order chi connectivity index (χ0) is 28.5. The zero-order valence-corrected chi connectivity index (χ0v) is 24.4. The molecular formula is C32H45N3O5. The molecule has 0 spiro atoms. The maximum atomic E-state index is 13.8. The molecule has 1 aliphatic carbocycles. The Hall–Kier alpha value is -3.10. The van der Waals surface area contributed by atoms with Gasteiger partial charge in [-0.05, 0) is 62.3 Å². The first kappa shape index (κ1) is 29.9. The Balaban J connectivity index is 1.43. The van der Waals surface area contributed by atoms with Gasteiger partial charge in [0.25, 0.3) is 5.91 Å². The molecule has 218 valence electrons. The molecule has 2 unspecified atom stereocenters. The summed E-state index contributed by atoms with van der Waals surface area (Å²) in [7, 11) is 3.26. The highest BCUT2D eigenvalue weighted by atomic mass is 16.5. The zero-order valence-electron chi connectivity index (χ0n) is 24.4. The average molecular weight is 552 g/mol. The fraction of sp³-hybridized carbons (Fsp3) is 0.562. The molecule has 1 N–H and O–H groups in total. The molecule has 2 amide bonds. The highest BCUT2D eigenvalue weighted by molar-refractivity contribution is 5.95. The number of amides is 2. The van der Waals surface area contributed by atoms with Crippen molar-refractivity contribution in [3.05, 3.63) is 59.7 Å². The Morgan fingerprint density at radius 2 is 1.68 bits per heavy atom. The third-order valence-electron chi connectivity index (χ3n) is 7.89. The molecule has 0 aromatic heterocycles. The number of hydrogen-bond acceptors (Lipinski definition) is 6. The standard InChI is InChI=1S/C32H45N3O5/c1-23(2)34(32(37)25-11-14-29(39-4)30(18-25)40-16-8-15-38-3)21-26-19-33-20-27(26)22-35(28-12-13-28)31(36)17-24-9-6-5-7-10-24/h5-7,9-11,14,18,23,26-28,33H,8,12-13,15-17,19-22H2,1-4H3. The third-order valence-corrected chi connectivity index (χ3v) is 7.89. The predicted octanol–water partition coefficient (Wildman–Crippen LogP) is 4.03. The van der Waals surface area contributed by atoms with Crippen LogP contribution in [-0.2, 0) is 16.0 Å². The molecule has 4 rings (SSSR count). The minimum atomic E-state index is -0.0238. The maximum Gasteiger partial charge on any atom is 0.254 e. The van der Waals surface area contributed by atoms with Gasteiger partial charge in [-0.25, -0.2) is 0 Å². The molecule has 2 atom stereocenters. The van der Waals surface area contributed by atoms with Gasteiger partial charge in [0, 0.05) is 64.0 Å². The van der Waals surface area contributed by atoms with Crippen LogP contribution in [0, 0.1) is 11.8 Å². The molecule has 2 aliphatic rings. The predicted molar refractivity (Wildman–Crippen MR) is 156 cm³/mol. The summed E-state index contributed by atoms with van der Waals surface area (Å²) in [4.78, 5) is 31.2. The van der Waals surface area contributed by atoms with Crippen LogP contribution in [0.1, 0.15) is 49.0 Å².